The number of fused-ring (bicyclic) bond motifs is 3. The Balaban J connectivity index is 0.000000202. The van der Waals surface area contributed by atoms with Crippen molar-refractivity contribution in [2.75, 3.05) is 0 Å². The van der Waals surface area contributed by atoms with Gasteiger partial charge in [-0.2, -0.15) is 6.08 Å². The van der Waals surface area contributed by atoms with E-state index in [1.807, 2.05) is 0 Å². The maximum atomic E-state index is 3.62. The molecule has 0 nitrogen and oxygen atoms in total. The Hall–Kier alpha value is -0.877. The van der Waals surface area contributed by atoms with Crippen LogP contribution < -0.4 is 24.8 Å². The molecule has 42 heavy (non-hydrogen) atoms. The minimum Gasteiger partial charge on any atom is -1.00 e. The third-order valence-electron chi connectivity index (χ3n) is 9.74. The van der Waals surface area contributed by atoms with E-state index in [-0.39, 0.29) is 35.6 Å². The second-order valence-electron chi connectivity index (χ2n) is 15.6. The van der Waals surface area contributed by atoms with E-state index in [4.69, 9.17) is 0 Å². The molecule has 5 aliphatic carbocycles. The van der Waals surface area contributed by atoms with Crippen molar-refractivity contribution in [2.45, 2.75) is 111 Å². The number of hydrogen-bond acceptors (Lipinski definition) is 0. The molecule has 0 spiro atoms. The van der Waals surface area contributed by atoms with Gasteiger partial charge >= 0.3 is 41.3 Å². The van der Waals surface area contributed by atoms with Crippen LogP contribution in [0.4, 0.5) is 0 Å². The SMILES string of the molecule is CC(C)(C)c1ccc2c(c1)[cH-]c1cc(C(C)(C)C)ccc12.C[C](C)=[Zr+2].[C-]1=C(C23CC4CC(CC(C4)C2)C3)C=CC1.[Cl-].[Cl-]. The molecule has 0 heterocycles. The summed E-state index contributed by atoms with van der Waals surface area (Å²) in [5, 5.41) is 5.48. The van der Waals surface area contributed by atoms with E-state index in [0.717, 1.165) is 24.2 Å². The molecule has 0 atom stereocenters. The van der Waals surface area contributed by atoms with E-state index in [1.165, 1.54) is 55.1 Å². The monoisotopic (exact) mass is 678 g/mol. The van der Waals surface area contributed by atoms with Crippen molar-refractivity contribution in [2.24, 2.45) is 23.2 Å². The maximum Gasteiger partial charge on any atom is -0.0373 e. The maximum absolute atomic E-state index is 3.62. The number of benzene rings is 2. The summed E-state index contributed by atoms with van der Waals surface area (Å²) in [5.74, 6) is 3.21. The molecule has 0 aliphatic heterocycles. The molecular formula is C39H50Cl2Zr-2. The predicted molar refractivity (Wildman–Crippen MR) is 172 cm³/mol. The Bertz CT molecular complexity index is 1350. The Morgan fingerprint density at radius 1 is 0.762 bits per heavy atom. The predicted octanol–water partition coefficient (Wildman–Crippen LogP) is 4.95. The molecule has 3 aromatic carbocycles. The van der Waals surface area contributed by atoms with E-state index in [0.29, 0.717) is 5.41 Å². The summed E-state index contributed by atoms with van der Waals surface area (Å²) < 4.78 is 1.51. The molecule has 0 aromatic heterocycles. The van der Waals surface area contributed by atoms with Crippen LogP contribution in [0.3, 0.4) is 0 Å². The zero-order valence-electron chi connectivity index (χ0n) is 27.1. The number of hydrogen-bond donors (Lipinski definition) is 0. The average Bonchev–Trinajstić information content (AvgIpc) is 3.50. The number of allylic oxidation sites excluding steroid dienone is 4. The Morgan fingerprint density at radius 2 is 1.17 bits per heavy atom. The van der Waals surface area contributed by atoms with E-state index >= 15 is 0 Å². The van der Waals surface area contributed by atoms with Gasteiger partial charge in [-0.15, -0.1) is 46.2 Å². The van der Waals surface area contributed by atoms with Crippen molar-refractivity contribution < 1.29 is 49.0 Å². The van der Waals surface area contributed by atoms with Crippen molar-refractivity contribution in [1.82, 2.24) is 0 Å². The minimum absolute atomic E-state index is 0. The molecule has 226 valence electrons. The fraction of sp³-hybridized carbons (Fsp3) is 0.538. The zero-order chi connectivity index (χ0) is 28.9. The second-order valence-corrected chi connectivity index (χ2v) is 18.1. The zero-order valence-corrected chi connectivity index (χ0v) is 31.1. The second kappa shape index (κ2) is 13.6. The molecule has 0 saturated heterocycles. The topological polar surface area (TPSA) is 0 Å². The van der Waals surface area contributed by atoms with Crippen molar-refractivity contribution in [3.63, 3.8) is 0 Å². The fourth-order valence-corrected chi connectivity index (χ4v) is 8.16. The summed E-state index contributed by atoms with van der Waals surface area (Å²) in [6.45, 7) is 17.9. The van der Waals surface area contributed by atoms with Crippen molar-refractivity contribution >= 4 is 24.8 Å². The normalized spacial score (nSPS) is 25.6. The van der Waals surface area contributed by atoms with Crippen LogP contribution in [-0.4, -0.2) is 3.21 Å². The largest absolute Gasteiger partial charge is 1.00 e. The van der Waals surface area contributed by atoms with Crippen molar-refractivity contribution in [3.05, 3.63) is 77.4 Å². The molecule has 3 aromatic rings. The summed E-state index contributed by atoms with van der Waals surface area (Å²) in [5.41, 5.74) is 5.41. The smallest absolute Gasteiger partial charge is 0.0373 e. The molecule has 3 heteroatoms. The van der Waals surface area contributed by atoms with Crippen LogP contribution in [0.15, 0.2) is 60.2 Å². The van der Waals surface area contributed by atoms with Gasteiger partial charge in [0.25, 0.3) is 0 Å². The third kappa shape index (κ3) is 7.85. The fourth-order valence-electron chi connectivity index (χ4n) is 8.16. The van der Waals surface area contributed by atoms with E-state index in [9.17, 15) is 0 Å². The van der Waals surface area contributed by atoms with Crippen LogP contribution in [0.1, 0.15) is 111 Å². The summed E-state index contributed by atoms with van der Waals surface area (Å²) >= 11 is 1.55. The van der Waals surface area contributed by atoms with Gasteiger partial charge in [-0.3, -0.25) is 6.08 Å². The molecule has 5 aliphatic rings. The Labute approximate surface area is 283 Å². The van der Waals surface area contributed by atoms with Gasteiger partial charge < -0.3 is 24.8 Å². The van der Waals surface area contributed by atoms with Crippen LogP contribution >= 0.6 is 0 Å². The molecule has 8 rings (SSSR count). The Kier molecular flexibility index (Phi) is 11.6. The first kappa shape index (κ1) is 35.6. The van der Waals surface area contributed by atoms with Crippen LogP contribution in [0.2, 0.25) is 0 Å². The van der Waals surface area contributed by atoms with Crippen LogP contribution in [-0.2, 0) is 35.1 Å². The minimum atomic E-state index is 0. The van der Waals surface area contributed by atoms with Gasteiger partial charge in [0.05, 0.1) is 0 Å². The molecule has 4 bridgehead atoms. The average molecular weight is 681 g/mol. The van der Waals surface area contributed by atoms with Gasteiger partial charge in [-0.25, -0.2) is 11.6 Å². The molecule has 4 saturated carbocycles. The summed E-state index contributed by atoms with van der Waals surface area (Å²) in [7, 11) is 0. The summed E-state index contributed by atoms with van der Waals surface area (Å²) in [6.07, 6.45) is 18.5. The standard InChI is InChI=1S/C21H25.C15H19.C3H6.2ClH.Zr/c1-20(2,3)16-7-9-18-14(12-16)11-15-13-17(21(4,5)6)8-10-19(15)18;1-2-4-14(3-1)15-8-11-5-12(9-15)7-13(6-11)10-15;1-3-2;;;/h7-13H,1-6H3;1,3,11-13H,2,5-10H2;1-2H3;2*1H;/q2*-1;;;;+2/p-2. The number of halogens is 2. The summed E-state index contributed by atoms with van der Waals surface area (Å²) in [4.78, 5) is 0. The van der Waals surface area contributed by atoms with Crippen molar-refractivity contribution in [1.29, 1.82) is 0 Å². The first-order chi connectivity index (χ1) is 18.7. The van der Waals surface area contributed by atoms with Crippen LogP contribution in [0.25, 0.3) is 21.5 Å². The van der Waals surface area contributed by atoms with Gasteiger partial charge in [0.15, 0.2) is 0 Å². The first-order valence-corrected chi connectivity index (χ1v) is 16.9. The molecule has 0 amide bonds. The molecular weight excluding hydrogens is 631 g/mol. The number of rotatable bonds is 1. The van der Waals surface area contributed by atoms with Gasteiger partial charge in [-0.1, -0.05) is 76.9 Å². The first-order valence-electron chi connectivity index (χ1n) is 15.7. The summed E-state index contributed by atoms with van der Waals surface area (Å²) in [6, 6.07) is 16.2. The van der Waals surface area contributed by atoms with Crippen LogP contribution in [0.5, 0.6) is 0 Å². The van der Waals surface area contributed by atoms with Gasteiger partial charge in [0.2, 0.25) is 0 Å². The molecule has 0 radical (unpaired) electrons. The van der Waals surface area contributed by atoms with Gasteiger partial charge in [0, 0.05) is 0 Å². The van der Waals surface area contributed by atoms with E-state index in [1.54, 1.807) is 49.1 Å². The van der Waals surface area contributed by atoms with E-state index < -0.39 is 0 Å². The van der Waals surface area contributed by atoms with Gasteiger partial charge in [-0.05, 0) is 72.5 Å². The Morgan fingerprint density at radius 3 is 1.50 bits per heavy atom. The molecule has 0 unspecified atom stereocenters. The third-order valence-corrected chi connectivity index (χ3v) is 9.74. The van der Waals surface area contributed by atoms with E-state index in [2.05, 4.69) is 116 Å². The molecule has 4 fully saturated rings. The van der Waals surface area contributed by atoms with Crippen LogP contribution in [0, 0.1) is 29.2 Å². The van der Waals surface area contributed by atoms with Gasteiger partial charge in [0.1, 0.15) is 0 Å². The molecule has 0 N–H and O–H groups in total. The van der Waals surface area contributed by atoms with Crippen molar-refractivity contribution in [3.8, 4) is 0 Å². The quantitative estimate of drug-likeness (QED) is 0.320.